The molecule has 7 nitrogen and oxygen atoms in total. The molecule has 132 valence electrons. The van der Waals surface area contributed by atoms with Gasteiger partial charge in [-0.1, -0.05) is 0 Å². The van der Waals surface area contributed by atoms with E-state index in [4.69, 9.17) is 4.74 Å². The van der Waals surface area contributed by atoms with Crippen LogP contribution in [0.3, 0.4) is 0 Å². The molecular weight excluding hydrogens is 334 g/mol. The van der Waals surface area contributed by atoms with Crippen LogP contribution in [0.5, 0.6) is 11.6 Å². The Hall–Kier alpha value is -3.48. The Morgan fingerprint density at radius 1 is 1.12 bits per heavy atom. The first-order chi connectivity index (χ1) is 12.4. The van der Waals surface area contributed by atoms with Gasteiger partial charge < -0.3 is 10.1 Å². The zero-order chi connectivity index (χ0) is 18.7. The summed E-state index contributed by atoms with van der Waals surface area (Å²) in [5, 5.41) is 14.3. The second-order valence-electron chi connectivity index (χ2n) is 6.04. The third-order valence-electron chi connectivity index (χ3n) is 3.62. The van der Waals surface area contributed by atoms with Gasteiger partial charge in [-0.2, -0.15) is 0 Å². The number of ether oxygens (including phenoxy) is 1. The van der Waals surface area contributed by atoms with Gasteiger partial charge >= 0.3 is 0 Å². The molecule has 0 aliphatic rings. The molecule has 0 fully saturated rings. The molecule has 1 N–H and O–H groups in total. The molecule has 3 rings (SSSR count). The molecule has 1 aromatic heterocycles. The highest BCUT2D eigenvalue weighted by Crippen LogP contribution is 2.25. The van der Waals surface area contributed by atoms with E-state index < -0.39 is 4.92 Å². The van der Waals surface area contributed by atoms with Crippen molar-refractivity contribution in [3.05, 3.63) is 70.3 Å². The number of nitrogens with zero attached hydrogens (tertiary/aromatic N) is 2. The molecule has 1 amide bonds. The maximum atomic E-state index is 12.1. The quantitative estimate of drug-likeness (QED) is 0.552. The van der Waals surface area contributed by atoms with Gasteiger partial charge in [0.15, 0.2) is 0 Å². The second kappa shape index (κ2) is 7.18. The molecule has 0 radical (unpaired) electrons. The van der Waals surface area contributed by atoms with E-state index in [1.165, 1.54) is 24.3 Å². The fourth-order valence-electron chi connectivity index (χ4n) is 2.41. The van der Waals surface area contributed by atoms with E-state index in [-0.39, 0.29) is 17.6 Å². The summed E-state index contributed by atoms with van der Waals surface area (Å²) >= 11 is 0. The summed E-state index contributed by atoms with van der Waals surface area (Å²) in [7, 11) is 0. The predicted molar refractivity (Wildman–Crippen MR) is 97.5 cm³/mol. The Morgan fingerprint density at radius 2 is 1.85 bits per heavy atom. The van der Waals surface area contributed by atoms with E-state index in [9.17, 15) is 14.9 Å². The van der Waals surface area contributed by atoms with Crippen LogP contribution < -0.4 is 10.1 Å². The summed E-state index contributed by atoms with van der Waals surface area (Å²) in [6.45, 7) is 3.81. The Kier molecular flexibility index (Phi) is 4.79. The maximum Gasteiger partial charge on any atom is 0.269 e. The second-order valence-corrected chi connectivity index (χ2v) is 6.04. The Labute approximate surface area is 149 Å². The smallest absolute Gasteiger partial charge is 0.269 e. The van der Waals surface area contributed by atoms with Crippen molar-refractivity contribution in [2.45, 2.75) is 19.9 Å². The number of amides is 1. The highest BCUT2D eigenvalue weighted by molar-refractivity contribution is 5.98. The van der Waals surface area contributed by atoms with Crippen LogP contribution in [0.15, 0.2) is 54.6 Å². The molecule has 0 atom stereocenters. The molecular formula is C19H17N3O4. The number of nitro benzene ring substituents is 1. The average Bonchev–Trinajstić information content (AvgIpc) is 2.61. The number of nitrogens with one attached hydrogen (secondary N) is 1. The van der Waals surface area contributed by atoms with Crippen molar-refractivity contribution < 1.29 is 14.5 Å². The SMILES string of the molecule is CC(C)NC(=O)c1ccc2nc(Oc3ccc([N+](=O)[O-])cc3)ccc2c1. The molecule has 0 bridgehead atoms. The van der Waals surface area contributed by atoms with Crippen molar-refractivity contribution in [1.82, 2.24) is 10.3 Å². The monoisotopic (exact) mass is 351 g/mol. The van der Waals surface area contributed by atoms with E-state index in [2.05, 4.69) is 10.3 Å². The minimum Gasteiger partial charge on any atom is -0.439 e. The summed E-state index contributed by atoms with van der Waals surface area (Å²) in [4.78, 5) is 26.7. The van der Waals surface area contributed by atoms with Gasteiger partial charge in [-0.05, 0) is 50.2 Å². The van der Waals surface area contributed by atoms with E-state index in [0.29, 0.717) is 22.7 Å². The zero-order valence-electron chi connectivity index (χ0n) is 14.3. The van der Waals surface area contributed by atoms with Gasteiger partial charge in [0, 0.05) is 35.2 Å². The first kappa shape index (κ1) is 17.3. The molecule has 3 aromatic rings. The molecule has 0 spiro atoms. The number of carbonyl (C=O) groups excluding carboxylic acids is 1. The van der Waals surface area contributed by atoms with Crippen LogP contribution in [0.1, 0.15) is 24.2 Å². The minimum absolute atomic E-state index is 0.00368. The molecule has 7 heteroatoms. The summed E-state index contributed by atoms with van der Waals surface area (Å²) in [5.41, 5.74) is 1.25. The van der Waals surface area contributed by atoms with Gasteiger partial charge in [0.05, 0.1) is 10.4 Å². The highest BCUT2D eigenvalue weighted by Gasteiger charge is 2.09. The van der Waals surface area contributed by atoms with Crippen molar-refractivity contribution in [3.8, 4) is 11.6 Å². The van der Waals surface area contributed by atoms with Gasteiger partial charge in [0.1, 0.15) is 5.75 Å². The highest BCUT2D eigenvalue weighted by atomic mass is 16.6. The number of non-ortho nitro benzene ring substituents is 1. The van der Waals surface area contributed by atoms with E-state index in [1.807, 2.05) is 19.9 Å². The van der Waals surface area contributed by atoms with Crippen molar-refractivity contribution in [2.75, 3.05) is 0 Å². The number of rotatable bonds is 5. The lowest BCUT2D eigenvalue weighted by Crippen LogP contribution is -2.29. The lowest BCUT2D eigenvalue weighted by atomic mass is 10.1. The summed E-state index contributed by atoms with van der Waals surface area (Å²) < 4.78 is 5.64. The van der Waals surface area contributed by atoms with E-state index >= 15 is 0 Å². The average molecular weight is 351 g/mol. The van der Waals surface area contributed by atoms with E-state index in [1.54, 1.807) is 24.3 Å². The zero-order valence-corrected chi connectivity index (χ0v) is 14.3. The number of nitro groups is 1. The van der Waals surface area contributed by atoms with Crippen LogP contribution in [-0.2, 0) is 0 Å². The molecule has 2 aromatic carbocycles. The number of aromatic nitrogens is 1. The Morgan fingerprint density at radius 3 is 2.50 bits per heavy atom. The molecule has 0 unspecified atom stereocenters. The van der Waals surface area contributed by atoms with Crippen molar-refractivity contribution in [2.24, 2.45) is 0 Å². The summed E-state index contributed by atoms with van der Waals surface area (Å²) in [6, 6.07) is 14.6. The van der Waals surface area contributed by atoms with E-state index in [0.717, 1.165) is 5.39 Å². The standard InChI is InChI=1S/C19H17N3O4/c1-12(2)20-19(23)14-3-9-17-13(11-14)4-10-18(21-17)26-16-7-5-15(6-8-16)22(24)25/h3-12H,1-2H3,(H,20,23). The number of hydrogen-bond donors (Lipinski definition) is 1. The molecule has 0 saturated heterocycles. The molecule has 0 saturated carbocycles. The lowest BCUT2D eigenvalue weighted by Gasteiger charge is -2.09. The number of pyridine rings is 1. The molecule has 0 aliphatic heterocycles. The van der Waals surface area contributed by atoms with Crippen LogP contribution >= 0.6 is 0 Å². The topological polar surface area (TPSA) is 94.4 Å². The number of benzene rings is 2. The number of fused-ring (bicyclic) bond motifs is 1. The normalized spacial score (nSPS) is 10.7. The van der Waals surface area contributed by atoms with Gasteiger partial charge in [-0.3, -0.25) is 14.9 Å². The van der Waals surface area contributed by atoms with Crippen molar-refractivity contribution in [1.29, 1.82) is 0 Å². The van der Waals surface area contributed by atoms with Gasteiger partial charge in [-0.15, -0.1) is 0 Å². The number of hydrogen-bond acceptors (Lipinski definition) is 5. The first-order valence-electron chi connectivity index (χ1n) is 8.06. The lowest BCUT2D eigenvalue weighted by molar-refractivity contribution is -0.384. The molecule has 1 heterocycles. The van der Waals surface area contributed by atoms with Gasteiger partial charge in [0.25, 0.3) is 11.6 Å². The summed E-state index contributed by atoms with van der Waals surface area (Å²) in [6.07, 6.45) is 0. The fourth-order valence-corrected chi connectivity index (χ4v) is 2.41. The third-order valence-corrected chi connectivity index (χ3v) is 3.62. The summed E-state index contributed by atoms with van der Waals surface area (Å²) in [5.74, 6) is 0.689. The maximum absolute atomic E-state index is 12.1. The Bertz CT molecular complexity index is 968. The Balaban J connectivity index is 1.81. The number of carbonyl (C=O) groups is 1. The minimum atomic E-state index is -0.467. The van der Waals surface area contributed by atoms with Crippen LogP contribution in [0.2, 0.25) is 0 Å². The molecule has 0 aliphatic carbocycles. The van der Waals surface area contributed by atoms with Crippen molar-refractivity contribution in [3.63, 3.8) is 0 Å². The fraction of sp³-hybridized carbons (Fsp3) is 0.158. The first-order valence-corrected chi connectivity index (χ1v) is 8.06. The van der Waals surface area contributed by atoms with Gasteiger partial charge in [-0.25, -0.2) is 4.98 Å². The predicted octanol–water partition coefficient (Wildman–Crippen LogP) is 4.07. The van der Waals surface area contributed by atoms with Crippen LogP contribution in [-0.4, -0.2) is 21.9 Å². The largest absolute Gasteiger partial charge is 0.439 e. The molecule has 26 heavy (non-hydrogen) atoms. The van der Waals surface area contributed by atoms with Gasteiger partial charge in [0.2, 0.25) is 5.88 Å². The van der Waals surface area contributed by atoms with Crippen LogP contribution in [0, 0.1) is 10.1 Å². The third kappa shape index (κ3) is 3.94. The van der Waals surface area contributed by atoms with Crippen molar-refractivity contribution >= 4 is 22.5 Å². The van der Waals surface area contributed by atoms with Crippen LogP contribution in [0.4, 0.5) is 5.69 Å². The van der Waals surface area contributed by atoms with Crippen LogP contribution in [0.25, 0.3) is 10.9 Å².